The number of phenolic OH excluding ortho intramolecular Hbond substituents is 1. The smallest absolute Gasteiger partial charge is 0.340 e. The first kappa shape index (κ1) is 37.4. The number of rotatable bonds is 6. The first-order valence-corrected chi connectivity index (χ1v) is 13.0. The van der Waals surface area contributed by atoms with Crippen molar-refractivity contribution in [3.05, 3.63) is 96.1 Å². The number of phenols is 1. The van der Waals surface area contributed by atoms with Crippen LogP contribution in [0.15, 0.2) is 85.0 Å². The van der Waals surface area contributed by atoms with Crippen LogP contribution < -0.4 is 4.74 Å². The van der Waals surface area contributed by atoms with Crippen molar-refractivity contribution in [2.24, 2.45) is 10.8 Å². The molecule has 2 aromatic rings. The fourth-order valence-corrected chi connectivity index (χ4v) is 2.61. The summed E-state index contributed by atoms with van der Waals surface area (Å²) in [5.74, 6) is -1.15. The SMILES string of the molecule is C=C(C)C(=O)OC(=O)C(=C)C.C=C(C)C(=O)Oc1ccc(C(=O)C(C)(C)C)cc1.CC(C)(C)C(=O)c1ccc(O)cc1. The first-order valence-electron chi connectivity index (χ1n) is 13.0. The van der Waals surface area contributed by atoms with Gasteiger partial charge in [-0.2, -0.15) is 0 Å². The number of ketones is 2. The maximum atomic E-state index is 12.0. The van der Waals surface area contributed by atoms with Crippen molar-refractivity contribution in [3.8, 4) is 11.5 Å². The molecule has 1 N–H and O–H groups in total. The first-order chi connectivity index (χ1) is 19.1. The summed E-state index contributed by atoms with van der Waals surface area (Å²) in [5.41, 5.74) is 1.19. The Morgan fingerprint density at radius 2 is 0.881 bits per heavy atom. The van der Waals surface area contributed by atoms with Crippen LogP contribution in [0, 0.1) is 10.8 Å². The van der Waals surface area contributed by atoms with Crippen molar-refractivity contribution in [1.29, 1.82) is 0 Å². The number of carbonyl (C=O) groups is 5. The van der Waals surface area contributed by atoms with Crippen LogP contribution >= 0.6 is 0 Å². The predicted molar refractivity (Wildman–Crippen MR) is 163 cm³/mol. The van der Waals surface area contributed by atoms with Gasteiger partial charge in [-0.05, 0) is 69.3 Å². The van der Waals surface area contributed by atoms with E-state index in [-0.39, 0.29) is 33.9 Å². The molecule has 0 bridgehead atoms. The summed E-state index contributed by atoms with van der Waals surface area (Å²) >= 11 is 0. The highest BCUT2D eigenvalue weighted by atomic mass is 16.6. The maximum Gasteiger partial charge on any atom is 0.340 e. The van der Waals surface area contributed by atoms with Crippen LogP contribution in [0.1, 0.15) is 83.0 Å². The van der Waals surface area contributed by atoms with Crippen LogP contribution in [0.25, 0.3) is 0 Å². The van der Waals surface area contributed by atoms with Crippen LogP contribution in [-0.2, 0) is 19.1 Å². The summed E-state index contributed by atoms with van der Waals surface area (Å²) in [6, 6.07) is 12.9. The van der Waals surface area contributed by atoms with Crippen molar-refractivity contribution in [2.45, 2.75) is 62.3 Å². The largest absolute Gasteiger partial charge is 0.508 e. The summed E-state index contributed by atoms with van der Waals surface area (Å²) in [6.07, 6.45) is 0. The number of esters is 3. The molecule has 42 heavy (non-hydrogen) atoms. The zero-order chi connectivity index (χ0) is 33.0. The van der Waals surface area contributed by atoms with E-state index in [0.717, 1.165) is 0 Å². The van der Waals surface area contributed by atoms with Gasteiger partial charge in [0.15, 0.2) is 11.6 Å². The van der Waals surface area contributed by atoms with E-state index in [4.69, 9.17) is 9.84 Å². The minimum atomic E-state index is -0.710. The summed E-state index contributed by atoms with van der Waals surface area (Å²) in [7, 11) is 0. The molecule has 8 nitrogen and oxygen atoms in total. The van der Waals surface area contributed by atoms with Crippen LogP contribution in [0.3, 0.4) is 0 Å². The second-order valence-electron chi connectivity index (χ2n) is 11.6. The molecule has 0 aliphatic heterocycles. The Balaban J connectivity index is 0.000000624. The van der Waals surface area contributed by atoms with Gasteiger partial charge in [-0.25, -0.2) is 14.4 Å². The van der Waals surface area contributed by atoms with Crippen LogP contribution in [0.2, 0.25) is 0 Å². The molecule has 0 fully saturated rings. The molecule has 0 atom stereocenters. The lowest BCUT2D eigenvalue weighted by Crippen LogP contribution is -2.20. The summed E-state index contributed by atoms with van der Waals surface area (Å²) < 4.78 is 9.34. The van der Waals surface area contributed by atoms with Gasteiger partial charge in [-0.15, -0.1) is 0 Å². The van der Waals surface area contributed by atoms with E-state index < -0.39 is 23.3 Å². The van der Waals surface area contributed by atoms with E-state index in [0.29, 0.717) is 22.4 Å². The number of hydrogen-bond donors (Lipinski definition) is 1. The van der Waals surface area contributed by atoms with Gasteiger partial charge in [0.2, 0.25) is 0 Å². The van der Waals surface area contributed by atoms with Gasteiger partial charge in [-0.1, -0.05) is 61.3 Å². The molecule has 0 spiro atoms. The Bertz CT molecular complexity index is 1310. The van der Waals surface area contributed by atoms with Gasteiger partial charge in [-0.3, -0.25) is 9.59 Å². The van der Waals surface area contributed by atoms with Crippen molar-refractivity contribution in [2.75, 3.05) is 0 Å². The van der Waals surface area contributed by atoms with E-state index in [2.05, 4.69) is 24.5 Å². The Kier molecular flexibility index (Phi) is 14.3. The Morgan fingerprint density at radius 1 is 0.571 bits per heavy atom. The van der Waals surface area contributed by atoms with E-state index in [1.54, 1.807) is 43.3 Å². The van der Waals surface area contributed by atoms with Gasteiger partial charge < -0.3 is 14.6 Å². The fourth-order valence-electron chi connectivity index (χ4n) is 2.61. The van der Waals surface area contributed by atoms with Crippen LogP contribution in [-0.4, -0.2) is 34.6 Å². The highest BCUT2D eigenvalue weighted by Gasteiger charge is 2.23. The van der Waals surface area contributed by atoms with E-state index in [9.17, 15) is 24.0 Å². The maximum absolute atomic E-state index is 12.0. The molecule has 0 aliphatic carbocycles. The van der Waals surface area contributed by atoms with Gasteiger partial charge in [0.05, 0.1) is 0 Å². The molecule has 0 heterocycles. The highest BCUT2D eigenvalue weighted by molar-refractivity contribution is 6.01. The highest BCUT2D eigenvalue weighted by Crippen LogP contribution is 2.23. The van der Waals surface area contributed by atoms with Gasteiger partial charge in [0.1, 0.15) is 11.5 Å². The third kappa shape index (κ3) is 13.7. The number of Topliss-reactive ketones (excluding diaryl/α,β-unsaturated/α-hetero) is 2. The lowest BCUT2D eigenvalue weighted by Gasteiger charge is -2.16. The van der Waals surface area contributed by atoms with Gasteiger partial charge >= 0.3 is 17.9 Å². The fraction of sp³-hybridized carbons (Fsp3) is 0.324. The molecule has 2 rings (SSSR count). The van der Waals surface area contributed by atoms with Crippen LogP contribution in [0.4, 0.5) is 0 Å². The van der Waals surface area contributed by atoms with E-state index in [1.807, 2.05) is 41.5 Å². The molecule has 0 amide bonds. The Labute approximate surface area is 248 Å². The minimum absolute atomic E-state index is 0.0558. The van der Waals surface area contributed by atoms with Crippen molar-refractivity contribution in [3.63, 3.8) is 0 Å². The van der Waals surface area contributed by atoms with Crippen molar-refractivity contribution in [1.82, 2.24) is 0 Å². The summed E-state index contributed by atoms with van der Waals surface area (Å²) in [4.78, 5) is 56.3. The molecule has 0 saturated carbocycles. The van der Waals surface area contributed by atoms with E-state index >= 15 is 0 Å². The zero-order valence-electron chi connectivity index (χ0n) is 26.0. The molecule has 0 aliphatic rings. The van der Waals surface area contributed by atoms with Crippen molar-refractivity contribution >= 4 is 29.5 Å². The Morgan fingerprint density at radius 3 is 1.17 bits per heavy atom. The van der Waals surface area contributed by atoms with Gasteiger partial charge in [0.25, 0.3) is 0 Å². The summed E-state index contributed by atoms with van der Waals surface area (Å²) in [5, 5.41) is 9.03. The molecular weight excluding hydrogens is 536 g/mol. The molecule has 226 valence electrons. The third-order valence-electron chi connectivity index (χ3n) is 5.05. The molecule has 0 saturated heterocycles. The quantitative estimate of drug-likeness (QED) is 0.125. The second kappa shape index (κ2) is 16.0. The normalized spacial score (nSPS) is 10.4. The van der Waals surface area contributed by atoms with E-state index in [1.165, 1.54) is 26.0 Å². The average molecular weight is 579 g/mol. The minimum Gasteiger partial charge on any atom is -0.508 e. The molecular formula is C34H42O8. The Hall–Kier alpha value is -4.59. The van der Waals surface area contributed by atoms with Crippen LogP contribution in [0.5, 0.6) is 11.5 Å². The van der Waals surface area contributed by atoms with Gasteiger partial charge in [0, 0.05) is 38.7 Å². The lowest BCUT2D eigenvalue weighted by molar-refractivity contribution is -0.154. The standard InChI is InChI=1S/C15H18O3.C11H14O2.C8H10O3/c1-10(2)14(17)18-12-8-6-11(7-9-12)13(16)15(3,4)5;1-11(2,3)10(13)8-4-6-9(12)7-5-8;1-5(2)7(9)11-8(10)6(3)4/h6-9H,1H2,2-5H3;4-7,12H,1-3H3;1,3H2,2,4H3. The van der Waals surface area contributed by atoms with Crippen molar-refractivity contribution < 1.29 is 38.6 Å². The summed E-state index contributed by atoms with van der Waals surface area (Å²) in [6.45, 7) is 25.9. The predicted octanol–water partition coefficient (Wildman–Crippen LogP) is 7.23. The topological polar surface area (TPSA) is 124 Å². The lowest BCUT2D eigenvalue weighted by atomic mass is 9.86. The molecule has 2 aromatic carbocycles. The second-order valence-corrected chi connectivity index (χ2v) is 11.6. The number of ether oxygens (including phenoxy) is 2. The average Bonchev–Trinajstić information content (AvgIpc) is 2.88. The number of hydrogen-bond acceptors (Lipinski definition) is 8. The number of aromatic hydroxyl groups is 1. The molecule has 8 heteroatoms. The number of carbonyl (C=O) groups excluding carboxylic acids is 5. The molecule has 0 aromatic heterocycles. The monoisotopic (exact) mass is 578 g/mol. The third-order valence-corrected chi connectivity index (χ3v) is 5.05. The zero-order valence-corrected chi connectivity index (χ0v) is 26.0. The molecule has 0 radical (unpaired) electrons. The molecule has 0 unspecified atom stereocenters. The number of benzene rings is 2.